The minimum Gasteiger partial charge on any atom is -0.490 e. The first kappa shape index (κ1) is 22.8. The number of sulfonamides is 1. The lowest BCUT2D eigenvalue weighted by molar-refractivity contribution is -0.115. The minimum atomic E-state index is -4.10. The maximum absolute atomic E-state index is 12.3. The van der Waals surface area contributed by atoms with Crippen molar-refractivity contribution in [1.82, 2.24) is 0 Å². The third kappa shape index (κ3) is 6.09. The number of carbonyl (C=O) groups excluding carboxylic acids is 1. The maximum Gasteiger partial charge on any atom is 0.241 e. The second kappa shape index (κ2) is 9.53. The van der Waals surface area contributed by atoms with Gasteiger partial charge in [-0.2, -0.15) is 0 Å². The highest BCUT2D eigenvalue weighted by Gasteiger charge is 2.31. The van der Waals surface area contributed by atoms with Gasteiger partial charge in [0.25, 0.3) is 0 Å². The van der Waals surface area contributed by atoms with Crippen molar-refractivity contribution in [2.45, 2.75) is 29.0 Å². The molecule has 0 spiro atoms. The average molecular weight is 473 g/mol. The molecule has 0 unspecified atom stereocenters. The Bertz CT molecular complexity index is 1020. The molecule has 0 atom stereocenters. The Hall–Kier alpha value is -1.84. The van der Waals surface area contributed by atoms with E-state index in [1.165, 1.54) is 12.1 Å². The van der Waals surface area contributed by atoms with Crippen molar-refractivity contribution in [3.05, 3.63) is 53.1 Å². The molecule has 1 amide bonds. The molecule has 1 aliphatic heterocycles. The van der Waals surface area contributed by atoms with E-state index in [0.717, 1.165) is 0 Å². The number of benzene rings is 2. The molecule has 0 aliphatic carbocycles. The lowest BCUT2D eigenvalue weighted by Crippen LogP contribution is -2.36. The fraction of sp³-hybridized carbons (Fsp3) is 0.350. The molecule has 0 aromatic heterocycles. The van der Waals surface area contributed by atoms with Gasteiger partial charge >= 0.3 is 0 Å². The van der Waals surface area contributed by atoms with Gasteiger partial charge in [-0.1, -0.05) is 29.8 Å². The van der Waals surface area contributed by atoms with Gasteiger partial charge in [0.1, 0.15) is 17.3 Å². The van der Waals surface area contributed by atoms with Gasteiger partial charge in [0.05, 0.1) is 11.3 Å². The van der Waals surface area contributed by atoms with Crippen LogP contribution >= 0.6 is 23.2 Å². The predicted octanol–water partition coefficient (Wildman–Crippen LogP) is 3.34. The molecular weight excluding hydrogens is 451 g/mol. The molecule has 0 radical (unpaired) electrons. The Labute approximate surface area is 185 Å². The quantitative estimate of drug-likeness (QED) is 0.600. The van der Waals surface area contributed by atoms with Crippen molar-refractivity contribution >= 4 is 44.8 Å². The van der Waals surface area contributed by atoms with E-state index in [9.17, 15) is 13.2 Å². The van der Waals surface area contributed by atoms with Crippen LogP contribution in [0, 0.1) is 0 Å². The smallest absolute Gasteiger partial charge is 0.241 e. The Kier molecular flexibility index (Phi) is 7.26. The Morgan fingerprint density at radius 3 is 2.57 bits per heavy atom. The number of carbonyl (C=O) groups is 1. The number of anilines is 1. The summed E-state index contributed by atoms with van der Waals surface area (Å²) in [4.78, 5) is 11.5. The number of halogens is 2. The van der Waals surface area contributed by atoms with Crippen LogP contribution in [-0.2, 0) is 26.0 Å². The van der Waals surface area contributed by atoms with E-state index in [1.807, 2.05) is 0 Å². The summed E-state index contributed by atoms with van der Waals surface area (Å²) >= 11 is 12.6. The molecule has 7 nitrogen and oxygen atoms in total. The summed E-state index contributed by atoms with van der Waals surface area (Å²) in [5, 5.41) is 8.48. The van der Waals surface area contributed by atoms with Crippen LogP contribution in [0.25, 0.3) is 0 Å². The molecule has 3 N–H and O–H groups in total. The van der Waals surface area contributed by atoms with Crippen molar-refractivity contribution < 1.29 is 22.7 Å². The fourth-order valence-electron chi connectivity index (χ4n) is 3.04. The van der Waals surface area contributed by atoms with Gasteiger partial charge in [0.15, 0.2) is 0 Å². The maximum atomic E-state index is 12.3. The number of nitrogens with one attached hydrogen (secondary N) is 1. The van der Waals surface area contributed by atoms with E-state index in [4.69, 9.17) is 37.8 Å². The van der Waals surface area contributed by atoms with Gasteiger partial charge < -0.3 is 14.8 Å². The summed E-state index contributed by atoms with van der Waals surface area (Å²) < 4.78 is 35.1. The Morgan fingerprint density at radius 1 is 1.20 bits per heavy atom. The molecular formula is C20H22Cl2N2O5S. The van der Waals surface area contributed by atoms with E-state index in [-0.39, 0.29) is 35.3 Å². The number of amides is 1. The highest BCUT2D eigenvalue weighted by molar-refractivity contribution is 7.89. The summed E-state index contributed by atoms with van der Waals surface area (Å²) in [5.41, 5.74) is 0.933. The van der Waals surface area contributed by atoms with Gasteiger partial charge in [0, 0.05) is 23.9 Å². The molecule has 1 heterocycles. The van der Waals surface area contributed by atoms with Crippen LogP contribution in [0.15, 0.2) is 47.4 Å². The van der Waals surface area contributed by atoms with Crippen LogP contribution < -0.4 is 15.2 Å². The van der Waals surface area contributed by atoms with Crippen molar-refractivity contribution in [2.24, 2.45) is 5.14 Å². The second-order valence-corrected chi connectivity index (χ2v) is 9.81. The van der Waals surface area contributed by atoms with Crippen molar-refractivity contribution in [3.8, 4) is 5.75 Å². The number of hydrogen-bond donors (Lipinski definition) is 2. The van der Waals surface area contributed by atoms with Crippen LogP contribution in [0.4, 0.5) is 5.69 Å². The number of alkyl halides is 1. The summed E-state index contributed by atoms with van der Waals surface area (Å²) in [6, 6.07) is 11.2. The van der Waals surface area contributed by atoms with Crippen molar-refractivity contribution in [2.75, 3.05) is 25.1 Å². The molecule has 1 saturated heterocycles. The molecule has 1 fully saturated rings. The van der Waals surface area contributed by atoms with E-state index in [0.29, 0.717) is 36.6 Å². The number of primary sulfonamides is 1. The summed E-state index contributed by atoms with van der Waals surface area (Å²) in [6.07, 6.45) is 1.23. The molecule has 0 bridgehead atoms. The van der Waals surface area contributed by atoms with E-state index < -0.39 is 14.9 Å². The zero-order valence-electron chi connectivity index (χ0n) is 16.1. The lowest BCUT2D eigenvalue weighted by Gasteiger charge is -2.31. The summed E-state index contributed by atoms with van der Waals surface area (Å²) in [7, 11) is -4.10. The third-order valence-electron chi connectivity index (χ3n) is 4.72. The van der Waals surface area contributed by atoms with Gasteiger partial charge in [-0.3, -0.25) is 4.79 Å². The second-order valence-electron chi connectivity index (χ2n) is 7.07. The molecule has 10 heteroatoms. The highest BCUT2D eigenvalue weighted by atomic mass is 35.5. The monoisotopic (exact) mass is 472 g/mol. The largest absolute Gasteiger partial charge is 0.490 e. The molecule has 162 valence electrons. The van der Waals surface area contributed by atoms with E-state index in [1.54, 1.807) is 30.3 Å². The normalized spacial score (nSPS) is 16.1. The number of nitrogens with two attached hydrogens (primary N) is 1. The summed E-state index contributed by atoms with van der Waals surface area (Å²) in [6.45, 7) is 1.15. The van der Waals surface area contributed by atoms with Gasteiger partial charge in [-0.25, -0.2) is 13.6 Å². The van der Waals surface area contributed by atoms with E-state index >= 15 is 0 Å². The van der Waals surface area contributed by atoms with E-state index in [2.05, 4.69) is 5.32 Å². The molecule has 1 aliphatic rings. The SMILES string of the molecule is NS(=O)(=O)c1cc(NC(=O)Cc2ccccc2Cl)ccc1OCC1(Cl)CCOCC1. The third-order valence-corrected chi connectivity index (χ3v) is 6.51. The molecule has 2 aromatic rings. The number of hydrogen-bond acceptors (Lipinski definition) is 5. The van der Waals surface area contributed by atoms with Gasteiger partial charge in [0.2, 0.25) is 15.9 Å². The van der Waals surface area contributed by atoms with Crippen LogP contribution in [0.3, 0.4) is 0 Å². The van der Waals surface area contributed by atoms with Gasteiger partial charge in [-0.05, 0) is 42.7 Å². The Balaban J connectivity index is 1.74. The lowest BCUT2D eigenvalue weighted by atomic mass is 10.0. The average Bonchev–Trinajstić information content (AvgIpc) is 2.68. The van der Waals surface area contributed by atoms with Gasteiger partial charge in [-0.15, -0.1) is 11.6 Å². The van der Waals surface area contributed by atoms with Crippen LogP contribution in [-0.4, -0.2) is 39.0 Å². The topological polar surface area (TPSA) is 108 Å². The molecule has 2 aromatic carbocycles. The number of ether oxygens (including phenoxy) is 2. The molecule has 30 heavy (non-hydrogen) atoms. The Morgan fingerprint density at radius 2 is 1.90 bits per heavy atom. The van der Waals surface area contributed by atoms with Crippen LogP contribution in [0.2, 0.25) is 5.02 Å². The highest BCUT2D eigenvalue weighted by Crippen LogP contribution is 2.32. The number of rotatable bonds is 7. The standard InChI is InChI=1S/C20H22Cl2N2O5S/c21-16-4-2-1-3-14(16)11-19(25)24-15-5-6-17(18(12-15)30(23,26)27)29-13-20(22)7-9-28-10-8-20/h1-6,12H,7-11,13H2,(H,24,25)(H2,23,26,27). The van der Waals surface area contributed by atoms with Crippen molar-refractivity contribution in [1.29, 1.82) is 0 Å². The summed E-state index contributed by atoms with van der Waals surface area (Å²) in [5.74, 6) is -0.271. The molecule has 0 saturated carbocycles. The van der Waals surface area contributed by atoms with Crippen LogP contribution in [0.5, 0.6) is 5.75 Å². The zero-order valence-corrected chi connectivity index (χ0v) is 18.4. The first-order valence-electron chi connectivity index (χ1n) is 9.26. The van der Waals surface area contributed by atoms with Crippen LogP contribution in [0.1, 0.15) is 18.4 Å². The fourth-order valence-corrected chi connectivity index (χ4v) is 4.15. The zero-order chi connectivity index (χ0) is 21.8. The van der Waals surface area contributed by atoms with Crippen molar-refractivity contribution in [3.63, 3.8) is 0 Å². The molecule has 3 rings (SSSR count). The minimum absolute atomic E-state index is 0.0411. The first-order valence-corrected chi connectivity index (χ1v) is 11.6. The first-order chi connectivity index (χ1) is 14.2. The predicted molar refractivity (Wildman–Crippen MR) is 116 cm³/mol.